The maximum absolute atomic E-state index is 2.55. The summed E-state index contributed by atoms with van der Waals surface area (Å²) in [5.41, 5.74) is 4.95. The van der Waals surface area contributed by atoms with Gasteiger partial charge in [-0.25, -0.2) is 0 Å². The van der Waals surface area contributed by atoms with Gasteiger partial charge in [0, 0.05) is 0 Å². The molecule has 1 atom stereocenters. The van der Waals surface area contributed by atoms with Gasteiger partial charge in [-0.15, -0.1) is 0 Å². The van der Waals surface area contributed by atoms with Crippen LogP contribution >= 0.6 is 0 Å². The smallest absolute Gasteiger partial charge is 0.00433 e. The van der Waals surface area contributed by atoms with Crippen molar-refractivity contribution in [3.63, 3.8) is 0 Å². The molecule has 2 aliphatic rings. The molecule has 118 valence electrons. The highest BCUT2D eigenvalue weighted by molar-refractivity contribution is 5.28. The van der Waals surface area contributed by atoms with Crippen molar-refractivity contribution in [1.29, 1.82) is 0 Å². The van der Waals surface area contributed by atoms with Crippen molar-refractivity contribution in [2.75, 3.05) is 0 Å². The van der Waals surface area contributed by atoms with Crippen LogP contribution in [0.3, 0.4) is 0 Å². The van der Waals surface area contributed by atoms with Gasteiger partial charge < -0.3 is 0 Å². The van der Waals surface area contributed by atoms with Crippen molar-refractivity contribution in [2.24, 2.45) is 11.8 Å². The predicted molar refractivity (Wildman–Crippen MR) is 94.4 cm³/mol. The standard InChI is InChI=1S/C21H34/c1-4-9-20(15-14-19-11-6-5-7-12-19)16-18(3)21-13-8-10-17(21)2/h4,9,16,18-19H,5-8,10-15H2,1-3H3/b9-4-,20-16+. The number of allylic oxidation sites excluding steroid dienone is 6. The van der Waals surface area contributed by atoms with Crippen molar-refractivity contribution in [3.8, 4) is 0 Å². The first-order valence-corrected chi connectivity index (χ1v) is 9.22. The number of hydrogen-bond acceptors (Lipinski definition) is 0. The summed E-state index contributed by atoms with van der Waals surface area (Å²) < 4.78 is 0. The Kier molecular flexibility index (Phi) is 6.80. The average Bonchev–Trinajstić information content (AvgIpc) is 2.92. The van der Waals surface area contributed by atoms with Crippen LogP contribution in [-0.4, -0.2) is 0 Å². The van der Waals surface area contributed by atoms with Gasteiger partial charge in [0.2, 0.25) is 0 Å². The van der Waals surface area contributed by atoms with E-state index in [4.69, 9.17) is 0 Å². The van der Waals surface area contributed by atoms with Crippen LogP contribution in [0.15, 0.2) is 34.9 Å². The average molecular weight is 287 g/mol. The van der Waals surface area contributed by atoms with Gasteiger partial charge in [-0.1, -0.05) is 74.0 Å². The zero-order valence-electron chi connectivity index (χ0n) is 14.5. The van der Waals surface area contributed by atoms with Gasteiger partial charge in [0.05, 0.1) is 0 Å². The van der Waals surface area contributed by atoms with E-state index in [0.29, 0.717) is 5.92 Å². The molecule has 0 aliphatic heterocycles. The molecular formula is C21H34. The molecule has 0 heterocycles. The van der Waals surface area contributed by atoms with Crippen LogP contribution in [0.25, 0.3) is 0 Å². The summed E-state index contributed by atoms with van der Waals surface area (Å²) in [7, 11) is 0. The fraction of sp³-hybridized carbons (Fsp3) is 0.714. The molecule has 2 aliphatic carbocycles. The second-order valence-electron chi connectivity index (χ2n) is 7.23. The first kappa shape index (κ1) is 16.6. The predicted octanol–water partition coefficient (Wildman–Crippen LogP) is 6.99. The molecule has 0 saturated heterocycles. The molecule has 0 heteroatoms. The Hall–Kier alpha value is -0.780. The molecule has 0 aromatic carbocycles. The van der Waals surface area contributed by atoms with E-state index in [0.717, 1.165) is 5.92 Å². The van der Waals surface area contributed by atoms with Gasteiger partial charge in [-0.2, -0.15) is 0 Å². The molecule has 1 fully saturated rings. The van der Waals surface area contributed by atoms with Crippen molar-refractivity contribution < 1.29 is 0 Å². The van der Waals surface area contributed by atoms with E-state index < -0.39 is 0 Å². The molecule has 0 nitrogen and oxygen atoms in total. The number of rotatable bonds is 6. The molecule has 21 heavy (non-hydrogen) atoms. The molecule has 0 bridgehead atoms. The van der Waals surface area contributed by atoms with E-state index in [-0.39, 0.29) is 0 Å². The first-order valence-electron chi connectivity index (χ1n) is 9.22. The lowest BCUT2D eigenvalue weighted by Gasteiger charge is -2.22. The zero-order chi connectivity index (χ0) is 15.1. The van der Waals surface area contributed by atoms with Crippen LogP contribution in [0.1, 0.15) is 85.0 Å². The zero-order valence-corrected chi connectivity index (χ0v) is 14.5. The molecule has 0 aromatic heterocycles. The third-order valence-corrected chi connectivity index (χ3v) is 5.51. The van der Waals surface area contributed by atoms with Gasteiger partial charge in [0.15, 0.2) is 0 Å². The largest absolute Gasteiger partial charge is 0.0874 e. The van der Waals surface area contributed by atoms with Crippen molar-refractivity contribution in [2.45, 2.75) is 85.0 Å². The Balaban J connectivity index is 1.93. The van der Waals surface area contributed by atoms with Gasteiger partial charge >= 0.3 is 0 Å². The molecule has 1 saturated carbocycles. The lowest BCUT2D eigenvalue weighted by Crippen LogP contribution is -2.06. The van der Waals surface area contributed by atoms with E-state index in [2.05, 4.69) is 39.0 Å². The van der Waals surface area contributed by atoms with E-state index in [9.17, 15) is 0 Å². The summed E-state index contributed by atoms with van der Waals surface area (Å²) in [5.74, 6) is 1.64. The highest BCUT2D eigenvalue weighted by atomic mass is 14.2. The Labute approximate surface area is 132 Å². The SMILES string of the molecule is C/C=C\C(=C/C(C)C1=C(C)CCC1)CCC1CCCCC1. The molecule has 0 N–H and O–H groups in total. The summed E-state index contributed by atoms with van der Waals surface area (Å²) in [6.07, 6.45) is 21.2. The second-order valence-corrected chi connectivity index (χ2v) is 7.23. The monoisotopic (exact) mass is 286 g/mol. The molecule has 0 amide bonds. The summed E-state index contributed by atoms with van der Waals surface area (Å²) >= 11 is 0. The van der Waals surface area contributed by atoms with E-state index >= 15 is 0 Å². The van der Waals surface area contributed by atoms with Gasteiger partial charge in [-0.3, -0.25) is 0 Å². The highest BCUT2D eigenvalue weighted by Gasteiger charge is 2.17. The molecule has 1 unspecified atom stereocenters. The topological polar surface area (TPSA) is 0 Å². The Morgan fingerprint density at radius 1 is 1.14 bits per heavy atom. The van der Waals surface area contributed by atoms with Crippen LogP contribution in [0.5, 0.6) is 0 Å². The quantitative estimate of drug-likeness (QED) is 0.365. The summed E-state index contributed by atoms with van der Waals surface area (Å²) in [6.45, 7) is 6.89. The third-order valence-electron chi connectivity index (χ3n) is 5.51. The van der Waals surface area contributed by atoms with Crippen LogP contribution in [0.2, 0.25) is 0 Å². The minimum atomic E-state index is 0.644. The molecule has 0 radical (unpaired) electrons. The van der Waals surface area contributed by atoms with Crippen LogP contribution in [0, 0.1) is 11.8 Å². The van der Waals surface area contributed by atoms with Crippen molar-refractivity contribution in [1.82, 2.24) is 0 Å². The Morgan fingerprint density at radius 2 is 1.90 bits per heavy atom. The minimum absolute atomic E-state index is 0.644. The molecule has 2 rings (SSSR count). The maximum atomic E-state index is 2.55. The van der Waals surface area contributed by atoms with Crippen molar-refractivity contribution >= 4 is 0 Å². The molecule has 0 aromatic rings. The van der Waals surface area contributed by atoms with Gasteiger partial charge in [0.1, 0.15) is 0 Å². The summed E-state index contributed by atoms with van der Waals surface area (Å²) in [6, 6.07) is 0. The van der Waals surface area contributed by atoms with E-state index in [1.165, 1.54) is 64.2 Å². The Morgan fingerprint density at radius 3 is 2.52 bits per heavy atom. The lowest BCUT2D eigenvalue weighted by molar-refractivity contribution is 0.339. The number of hydrogen-bond donors (Lipinski definition) is 0. The fourth-order valence-electron chi connectivity index (χ4n) is 4.24. The maximum Gasteiger partial charge on any atom is -0.00433 e. The van der Waals surface area contributed by atoms with Gasteiger partial charge in [-0.05, 0) is 57.8 Å². The summed E-state index contributed by atoms with van der Waals surface area (Å²) in [4.78, 5) is 0. The fourth-order valence-corrected chi connectivity index (χ4v) is 4.24. The second kappa shape index (κ2) is 8.61. The molecular weight excluding hydrogens is 252 g/mol. The van der Waals surface area contributed by atoms with E-state index in [1.54, 1.807) is 16.7 Å². The van der Waals surface area contributed by atoms with Crippen LogP contribution in [0.4, 0.5) is 0 Å². The summed E-state index contributed by atoms with van der Waals surface area (Å²) in [5, 5.41) is 0. The van der Waals surface area contributed by atoms with Crippen molar-refractivity contribution in [3.05, 3.63) is 34.9 Å². The molecule has 0 spiro atoms. The highest BCUT2D eigenvalue weighted by Crippen LogP contribution is 2.33. The van der Waals surface area contributed by atoms with Crippen LogP contribution < -0.4 is 0 Å². The normalized spacial score (nSPS) is 23.3. The minimum Gasteiger partial charge on any atom is -0.0874 e. The Bertz CT molecular complexity index is 402. The first-order chi connectivity index (χ1) is 10.2. The van der Waals surface area contributed by atoms with Gasteiger partial charge in [0.25, 0.3) is 0 Å². The lowest BCUT2D eigenvalue weighted by atomic mass is 9.84. The van der Waals surface area contributed by atoms with Crippen LogP contribution in [-0.2, 0) is 0 Å². The van der Waals surface area contributed by atoms with E-state index in [1.807, 2.05) is 0 Å². The third kappa shape index (κ3) is 5.16.